The van der Waals surface area contributed by atoms with Crippen LogP contribution in [0.3, 0.4) is 0 Å². The molecule has 2 N–H and O–H groups in total. The van der Waals surface area contributed by atoms with Crippen LogP contribution in [0.2, 0.25) is 0 Å². The fourth-order valence-corrected chi connectivity index (χ4v) is 3.85. The van der Waals surface area contributed by atoms with Crippen LogP contribution in [0.15, 0.2) is 34.8 Å². The third kappa shape index (κ3) is 6.67. The van der Waals surface area contributed by atoms with Gasteiger partial charge in [-0.2, -0.15) is 13.2 Å². The number of thiazole rings is 1. The van der Waals surface area contributed by atoms with Crippen molar-refractivity contribution in [2.24, 2.45) is 4.99 Å². The molecule has 0 aliphatic carbocycles. The van der Waals surface area contributed by atoms with Crippen molar-refractivity contribution in [3.63, 3.8) is 0 Å². The second-order valence-electron chi connectivity index (χ2n) is 6.84. The molecule has 6 nitrogen and oxygen atoms in total. The summed E-state index contributed by atoms with van der Waals surface area (Å²) in [7, 11) is 0. The number of likely N-dealkylation sites (tertiary alicyclic amines) is 1. The van der Waals surface area contributed by atoms with E-state index in [-0.39, 0.29) is 12.6 Å². The van der Waals surface area contributed by atoms with Crippen LogP contribution in [0.25, 0.3) is 0 Å². The fraction of sp³-hybridized carbons (Fsp3) is 0.526. The van der Waals surface area contributed by atoms with Crippen molar-refractivity contribution < 1.29 is 13.2 Å². The Hall–Kier alpha value is -2.20. The van der Waals surface area contributed by atoms with E-state index in [1.165, 1.54) is 0 Å². The summed E-state index contributed by atoms with van der Waals surface area (Å²) in [6.07, 6.45) is -0.674. The molecule has 1 saturated heterocycles. The number of guanidine groups is 1. The number of nitrogens with zero attached hydrogens (tertiary/aromatic N) is 4. The molecule has 29 heavy (non-hydrogen) atoms. The number of aromatic nitrogens is 2. The lowest BCUT2D eigenvalue weighted by Gasteiger charge is -2.32. The molecule has 10 heteroatoms. The van der Waals surface area contributed by atoms with E-state index in [4.69, 9.17) is 0 Å². The van der Waals surface area contributed by atoms with E-state index in [0.717, 1.165) is 54.9 Å². The van der Waals surface area contributed by atoms with Crippen molar-refractivity contribution in [1.29, 1.82) is 0 Å². The van der Waals surface area contributed by atoms with E-state index in [0.29, 0.717) is 17.5 Å². The molecule has 1 aliphatic rings. The monoisotopic (exact) mass is 426 g/mol. The van der Waals surface area contributed by atoms with Gasteiger partial charge in [0.05, 0.1) is 12.2 Å². The zero-order chi connectivity index (χ0) is 20.7. The molecule has 1 fully saturated rings. The smallest absolute Gasteiger partial charge is 0.357 e. The van der Waals surface area contributed by atoms with Gasteiger partial charge in [-0.05, 0) is 31.9 Å². The molecule has 0 bridgehead atoms. The molecule has 2 aromatic rings. The van der Waals surface area contributed by atoms with Crippen LogP contribution >= 0.6 is 11.3 Å². The van der Waals surface area contributed by atoms with E-state index in [1.807, 2.05) is 31.3 Å². The summed E-state index contributed by atoms with van der Waals surface area (Å²) < 4.78 is 38.0. The topological polar surface area (TPSA) is 65.4 Å². The summed E-state index contributed by atoms with van der Waals surface area (Å²) in [5, 5.41) is 7.94. The third-order valence-corrected chi connectivity index (χ3v) is 5.43. The van der Waals surface area contributed by atoms with Crippen LogP contribution in [-0.4, -0.2) is 46.5 Å². The van der Waals surface area contributed by atoms with Gasteiger partial charge >= 0.3 is 6.18 Å². The van der Waals surface area contributed by atoms with Crippen LogP contribution in [-0.2, 0) is 19.3 Å². The highest BCUT2D eigenvalue weighted by molar-refractivity contribution is 7.09. The Morgan fingerprint density at radius 1 is 1.31 bits per heavy atom. The molecule has 0 unspecified atom stereocenters. The molecule has 3 heterocycles. The van der Waals surface area contributed by atoms with Gasteiger partial charge in [-0.1, -0.05) is 6.07 Å². The normalized spacial score (nSPS) is 16.8. The summed E-state index contributed by atoms with van der Waals surface area (Å²) in [6.45, 7) is 5.50. The van der Waals surface area contributed by atoms with E-state index in [1.54, 1.807) is 0 Å². The molecule has 0 spiro atoms. The first-order valence-electron chi connectivity index (χ1n) is 9.62. The summed E-state index contributed by atoms with van der Waals surface area (Å²) in [5.74, 6) is 0.611. The largest absolute Gasteiger partial charge is 0.434 e. The molecular weight excluding hydrogens is 401 g/mol. The van der Waals surface area contributed by atoms with Gasteiger partial charge < -0.3 is 10.6 Å². The average Bonchev–Trinajstić information content (AvgIpc) is 3.18. The van der Waals surface area contributed by atoms with Crippen molar-refractivity contribution in [2.45, 2.75) is 45.1 Å². The Bertz CT molecular complexity index is 785. The summed E-state index contributed by atoms with van der Waals surface area (Å²) in [4.78, 5) is 14.8. The number of piperidine rings is 1. The highest BCUT2D eigenvalue weighted by Crippen LogP contribution is 2.30. The molecule has 0 atom stereocenters. The van der Waals surface area contributed by atoms with Crippen molar-refractivity contribution in [2.75, 3.05) is 19.6 Å². The Morgan fingerprint density at radius 3 is 2.72 bits per heavy atom. The number of hydrogen-bond donors (Lipinski definition) is 2. The highest BCUT2D eigenvalue weighted by atomic mass is 32.1. The van der Waals surface area contributed by atoms with Gasteiger partial charge in [0.25, 0.3) is 0 Å². The molecule has 158 valence electrons. The van der Waals surface area contributed by atoms with Crippen LogP contribution in [0.5, 0.6) is 0 Å². The highest BCUT2D eigenvalue weighted by Gasteiger charge is 2.33. The predicted molar refractivity (Wildman–Crippen MR) is 108 cm³/mol. The second kappa shape index (κ2) is 10.0. The van der Waals surface area contributed by atoms with E-state index < -0.39 is 11.9 Å². The molecule has 1 aliphatic heterocycles. The van der Waals surface area contributed by atoms with Gasteiger partial charge in [0.15, 0.2) is 11.7 Å². The number of hydrogen-bond acceptors (Lipinski definition) is 5. The van der Waals surface area contributed by atoms with Crippen LogP contribution in [0, 0.1) is 0 Å². The minimum atomic E-state index is -4.41. The number of nitrogens with one attached hydrogen (secondary N) is 2. The molecule has 0 aromatic carbocycles. The number of halogens is 3. The Morgan fingerprint density at radius 2 is 2.10 bits per heavy atom. The minimum Gasteiger partial charge on any atom is -0.357 e. The van der Waals surface area contributed by atoms with Gasteiger partial charge in [-0.3, -0.25) is 9.88 Å². The first-order chi connectivity index (χ1) is 13.9. The van der Waals surface area contributed by atoms with E-state index >= 15 is 0 Å². The SMILES string of the molecule is CCNC(=NCc1nc(C(F)(F)F)cs1)NC1CCN(Cc2ccccn2)CC1. The Labute approximate surface area is 172 Å². The molecule has 0 amide bonds. The summed E-state index contributed by atoms with van der Waals surface area (Å²) in [5.41, 5.74) is 0.210. The zero-order valence-electron chi connectivity index (χ0n) is 16.2. The number of pyridine rings is 1. The van der Waals surface area contributed by atoms with Gasteiger partial charge in [0.2, 0.25) is 0 Å². The maximum absolute atomic E-state index is 12.7. The fourth-order valence-electron chi connectivity index (χ4n) is 3.13. The summed E-state index contributed by atoms with van der Waals surface area (Å²) in [6, 6.07) is 6.21. The van der Waals surface area contributed by atoms with Crippen LogP contribution in [0.4, 0.5) is 13.2 Å². The van der Waals surface area contributed by atoms with Gasteiger partial charge in [-0.15, -0.1) is 11.3 Å². The first-order valence-corrected chi connectivity index (χ1v) is 10.5. The third-order valence-electron chi connectivity index (χ3n) is 4.60. The lowest BCUT2D eigenvalue weighted by molar-refractivity contribution is -0.140. The standard InChI is InChI=1S/C19H25F3N6S/c1-2-23-18(25-11-17-27-16(13-29-17)19(20,21)22)26-14-6-9-28(10-7-14)12-15-5-3-4-8-24-15/h3-5,8,13-14H,2,6-7,9-12H2,1H3,(H2,23,25,26). The van der Waals surface area contributed by atoms with Gasteiger partial charge in [0.1, 0.15) is 5.01 Å². The van der Waals surface area contributed by atoms with Crippen molar-refractivity contribution in [1.82, 2.24) is 25.5 Å². The average molecular weight is 427 g/mol. The Kier molecular flexibility index (Phi) is 7.43. The number of alkyl halides is 3. The lowest BCUT2D eigenvalue weighted by Crippen LogP contribution is -2.48. The molecule has 0 saturated carbocycles. The van der Waals surface area contributed by atoms with E-state index in [9.17, 15) is 13.2 Å². The maximum atomic E-state index is 12.7. The lowest BCUT2D eigenvalue weighted by atomic mass is 10.0. The van der Waals surface area contributed by atoms with Crippen molar-refractivity contribution in [3.8, 4) is 0 Å². The van der Waals surface area contributed by atoms with Crippen molar-refractivity contribution >= 4 is 17.3 Å². The van der Waals surface area contributed by atoms with Crippen LogP contribution < -0.4 is 10.6 Å². The predicted octanol–water partition coefficient (Wildman–Crippen LogP) is 3.28. The van der Waals surface area contributed by atoms with Gasteiger partial charge in [0, 0.05) is 43.8 Å². The molecular formula is C19H25F3N6S. The van der Waals surface area contributed by atoms with Crippen molar-refractivity contribution in [3.05, 3.63) is 46.2 Å². The number of aliphatic imine (C=N–C) groups is 1. The maximum Gasteiger partial charge on any atom is 0.434 e. The zero-order valence-corrected chi connectivity index (χ0v) is 17.1. The molecule has 2 aromatic heterocycles. The van der Waals surface area contributed by atoms with Gasteiger partial charge in [-0.25, -0.2) is 9.98 Å². The molecule has 3 rings (SSSR count). The number of rotatable bonds is 6. The minimum absolute atomic E-state index is 0.120. The quantitative estimate of drug-likeness (QED) is 0.548. The second-order valence-corrected chi connectivity index (χ2v) is 7.78. The van der Waals surface area contributed by atoms with E-state index in [2.05, 4.69) is 30.5 Å². The summed E-state index contributed by atoms with van der Waals surface area (Å²) >= 11 is 0.977. The van der Waals surface area contributed by atoms with Crippen LogP contribution in [0.1, 0.15) is 36.2 Å². The first kappa shape index (κ1) is 21.5. The Balaban J connectivity index is 1.50. The molecule has 0 radical (unpaired) electrons.